The van der Waals surface area contributed by atoms with E-state index in [1.807, 2.05) is 0 Å². The Kier molecular flexibility index (Phi) is 4.62. The Morgan fingerprint density at radius 2 is 1.75 bits per heavy atom. The zero-order valence-corrected chi connectivity index (χ0v) is 6.44. The van der Waals surface area contributed by atoms with E-state index in [0.717, 1.165) is 12.1 Å². The Morgan fingerprint density at radius 3 is 2.17 bits per heavy atom. The summed E-state index contributed by atoms with van der Waals surface area (Å²) in [6.45, 7) is 0. The lowest BCUT2D eigenvalue weighted by atomic mass is 10.2. The van der Waals surface area contributed by atoms with Crippen molar-refractivity contribution in [2.24, 2.45) is 0 Å². The molecule has 0 amide bonds. The smallest absolute Gasteiger partial charge is 0.160 e. The van der Waals surface area contributed by atoms with E-state index in [9.17, 15) is 13.2 Å². The third kappa shape index (κ3) is 2.67. The van der Waals surface area contributed by atoms with Crippen LogP contribution in [0.15, 0.2) is 18.2 Å². The SMILES string of the molecule is C#Cc1ccc(F)c(F)c1.CF. The second-order valence-corrected chi connectivity index (χ2v) is 1.77. The lowest BCUT2D eigenvalue weighted by Crippen LogP contribution is -1.83. The molecule has 0 heterocycles. The summed E-state index contributed by atoms with van der Waals surface area (Å²) in [5.74, 6) is 0.405. The number of benzene rings is 1. The van der Waals surface area contributed by atoms with Crippen LogP contribution in [0.2, 0.25) is 0 Å². The predicted octanol–water partition coefficient (Wildman–Crippen LogP) is 2.53. The molecular weight excluding hydrogens is 165 g/mol. The van der Waals surface area contributed by atoms with Crippen molar-refractivity contribution in [3.05, 3.63) is 35.4 Å². The van der Waals surface area contributed by atoms with Gasteiger partial charge in [0.1, 0.15) is 0 Å². The molecule has 0 aliphatic carbocycles. The first-order chi connectivity index (χ1) is 5.74. The van der Waals surface area contributed by atoms with Gasteiger partial charge in [-0.1, -0.05) is 5.92 Å². The Labute approximate surface area is 69.0 Å². The molecule has 0 atom stereocenters. The Balaban J connectivity index is 0.000000561. The monoisotopic (exact) mass is 172 g/mol. The summed E-state index contributed by atoms with van der Waals surface area (Å²) in [6.07, 6.45) is 4.93. The van der Waals surface area contributed by atoms with E-state index in [1.165, 1.54) is 6.07 Å². The quantitative estimate of drug-likeness (QED) is 0.527. The zero-order valence-electron chi connectivity index (χ0n) is 6.44. The standard InChI is InChI=1S/C8H4F2.CH3F/c1-2-6-3-4-7(9)8(10)5-6;1-2/h1,3-5H;1H3. The van der Waals surface area contributed by atoms with Gasteiger partial charge in [-0.3, -0.25) is 4.39 Å². The molecule has 0 radical (unpaired) electrons. The van der Waals surface area contributed by atoms with Crippen LogP contribution in [0.5, 0.6) is 0 Å². The highest BCUT2D eigenvalue weighted by Gasteiger charge is 1.98. The molecule has 0 saturated heterocycles. The molecular formula is C9H7F3. The normalized spacial score (nSPS) is 7.92. The summed E-state index contributed by atoms with van der Waals surface area (Å²) in [5, 5.41) is 0. The van der Waals surface area contributed by atoms with Gasteiger partial charge < -0.3 is 0 Å². The molecule has 0 nitrogen and oxygen atoms in total. The van der Waals surface area contributed by atoms with Crippen LogP contribution >= 0.6 is 0 Å². The Bertz CT molecular complexity index is 286. The first-order valence-corrected chi connectivity index (χ1v) is 3.03. The fraction of sp³-hybridized carbons (Fsp3) is 0.111. The van der Waals surface area contributed by atoms with Gasteiger partial charge in [-0.05, 0) is 18.2 Å². The van der Waals surface area contributed by atoms with Gasteiger partial charge in [0.15, 0.2) is 11.6 Å². The van der Waals surface area contributed by atoms with Crippen molar-refractivity contribution >= 4 is 0 Å². The van der Waals surface area contributed by atoms with E-state index >= 15 is 0 Å². The van der Waals surface area contributed by atoms with Gasteiger partial charge in [0.05, 0.1) is 7.18 Å². The molecule has 0 aliphatic rings. The summed E-state index contributed by atoms with van der Waals surface area (Å²) in [4.78, 5) is 0. The number of terminal acetylenes is 1. The van der Waals surface area contributed by atoms with Crippen molar-refractivity contribution in [1.82, 2.24) is 0 Å². The molecule has 0 aliphatic heterocycles. The Hall–Kier alpha value is -1.43. The van der Waals surface area contributed by atoms with Crippen molar-refractivity contribution < 1.29 is 13.2 Å². The zero-order chi connectivity index (χ0) is 9.56. The number of halogens is 3. The van der Waals surface area contributed by atoms with Crippen LogP contribution in [0.3, 0.4) is 0 Å². The second kappa shape index (κ2) is 5.25. The molecule has 0 fully saturated rings. The average molecular weight is 172 g/mol. The van der Waals surface area contributed by atoms with Crippen LogP contribution in [0.4, 0.5) is 13.2 Å². The maximum Gasteiger partial charge on any atom is 0.160 e. The lowest BCUT2D eigenvalue weighted by Gasteiger charge is -1.91. The summed E-state index contributed by atoms with van der Waals surface area (Å²) in [5.41, 5.74) is 0.346. The topological polar surface area (TPSA) is 0 Å². The molecule has 64 valence electrons. The minimum Gasteiger partial charge on any atom is -0.255 e. The van der Waals surface area contributed by atoms with E-state index in [2.05, 4.69) is 5.92 Å². The van der Waals surface area contributed by atoms with Crippen molar-refractivity contribution in [2.75, 3.05) is 7.18 Å². The fourth-order valence-electron chi connectivity index (χ4n) is 0.586. The van der Waals surface area contributed by atoms with Crippen LogP contribution in [0, 0.1) is 24.0 Å². The molecule has 0 N–H and O–H groups in total. The third-order valence-corrected chi connectivity index (χ3v) is 1.09. The van der Waals surface area contributed by atoms with Gasteiger partial charge in [0.2, 0.25) is 0 Å². The van der Waals surface area contributed by atoms with Crippen molar-refractivity contribution in [3.8, 4) is 12.3 Å². The predicted molar refractivity (Wildman–Crippen MR) is 41.3 cm³/mol. The van der Waals surface area contributed by atoms with Gasteiger partial charge in [-0.2, -0.15) is 0 Å². The van der Waals surface area contributed by atoms with Gasteiger partial charge >= 0.3 is 0 Å². The fourth-order valence-corrected chi connectivity index (χ4v) is 0.586. The highest BCUT2D eigenvalue weighted by Crippen LogP contribution is 2.06. The molecule has 1 rings (SSSR count). The van der Waals surface area contributed by atoms with E-state index in [1.54, 1.807) is 0 Å². The molecule has 3 heteroatoms. The molecule has 0 aromatic heterocycles. The second-order valence-electron chi connectivity index (χ2n) is 1.77. The van der Waals surface area contributed by atoms with Crippen LogP contribution in [-0.4, -0.2) is 7.18 Å². The van der Waals surface area contributed by atoms with E-state index < -0.39 is 11.6 Å². The number of hydrogen-bond acceptors (Lipinski definition) is 0. The summed E-state index contributed by atoms with van der Waals surface area (Å²) < 4.78 is 34.0. The van der Waals surface area contributed by atoms with Gasteiger partial charge in [0, 0.05) is 5.56 Å². The number of rotatable bonds is 0. The van der Waals surface area contributed by atoms with Crippen molar-refractivity contribution in [1.29, 1.82) is 0 Å². The van der Waals surface area contributed by atoms with Gasteiger partial charge in [0.25, 0.3) is 0 Å². The maximum atomic E-state index is 12.3. The average Bonchev–Trinajstić information content (AvgIpc) is 2.13. The van der Waals surface area contributed by atoms with Crippen molar-refractivity contribution in [2.45, 2.75) is 0 Å². The largest absolute Gasteiger partial charge is 0.255 e. The van der Waals surface area contributed by atoms with E-state index in [0.29, 0.717) is 12.7 Å². The minimum atomic E-state index is -0.907. The first-order valence-electron chi connectivity index (χ1n) is 3.03. The summed E-state index contributed by atoms with van der Waals surface area (Å²) in [7, 11) is 0.500. The first kappa shape index (κ1) is 10.6. The molecule has 0 saturated carbocycles. The maximum absolute atomic E-state index is 12.3. The van der Waals surface area contributed by atoms with Crippen LogP contribution in [-0.2, 0) is 0 Å². The lowest BCUT2D eigenvalue weighted by molar-refractivity contribution is 0.508. The molecule has 0 unspecified atom stereocenters. The highest BCUT2D eigenvalue weighted by molar-refractivity contribution is 5.32. The highest BCUT2D eigenvalue weighted by atomic mass is 19.2. The summed E-state index contributed by atoms with van der Waals surface area (Å²) in [6, 6.07) is 3.33. The minimum absolute atomic E-state index is 0.346. The third-order valence-electron chi connectivity index (χ3n) is 1.09. The summed E-state index contributed by atoms with van der Waals surface area (Å²) >= 11 is 0. The molecule has 12 heavy (non-hydrogen) atoms. The molecule has 0 spiro atoms. The van der Waals surface area contributed by atoms with Crippen LogP contribution < -0.4 is 0 Å². The molecule has 1 aromatic rings. The van der Waals surface area contributed by atoms with E-state index in [-0.39, 0.29) is 0 Å². The van der Waals surface area contributed by atoms with E-state index in [4.69, 9.17) is 6.42 Å². The number of alkyl halides is 1. The van der Waals surface area contributed by atoms with Crippen LogP contribution in [0.1, 0.15) is 5.56 Å². The van der Waals surface area contributed by atoms with Gasteiger partial charge in [-0.15, -0.1) is 6.42 Å². The number of hydrogen-bond donors (Lipinski definition) is 0. The molecule has 0 bridgehead atoms. The van der Waals surface area contributed by atoms with Crippen molar-refractivity contribution in [3.63, 3.8) is 0 Å². The van der Waals surface area contributed by atoms with Crippen LogP contribution in [0.25, 0.3) is 0 Å². The molecule has 1 aromatic carbocycles. The van der Waals surface area contributed by atoms with Gasteiger partial charge in [-0.25, -0.2) is 8.78 Å². The Morgan fingerprint density at radius 1 is 1.17 bits per heavy atom.